The van der Waals surface area contributed by atoms with Gasteiger partial charge in [-0.2, -0.15) is 0 Å². The predicted molar refractivity (Wildman–Crippen MR) is 132 cm³/mol. The lowest BCUT2D eigenvalue weighted by atomic mass is 10.1. The van der Waals surface area contributed by atoms with Crippen molar-refractivity contribution in [2.75, 3.05) is 36.5 Å². The highest BCUT2D eigenvalue weighted by atomic mass is 35.5. The molecule has 1 aliphatic rings. The Morgan fingerprint density at radius 1 is 0.941 bits per heavy atom. The lowest BCUT2D eigenvalue weighted by molar-refractivity contribution is -0.129. The van der Waals surface area contributed by atoms with Crippen molar-refractivity contribution in [2.45, 2.75) is 12.6 Å². The number of benzene rings is 3. The van der Waals surface area contributed by atoms with Crippen LogP contribution >= 0.6 is 11.6 Å². The molecule has 2 amide bonds. The van der Waals surface area contributed by atoms with Gasteiger partial charge in [0.1, 0.15) is 0 Å². The molecule has 0 radical (unpaired) electrons. The highest BCUT2D eigenvalue weighted by molar-refractivity contribution is 6.30. The lowest BCUT2D eigenvalue weighted by Crippen LogP contribution is -2.36. The molecule has 0 bridgehead atoms. The van der Waals surface area contributed by atoms with Gasteiger partial charge in [0.25, 0.3) is 5.91 Å². The molecule has 7 nitrogen and oxygen atoms in total. The fraction of sp³-hybridized carbons (Fsp3) is 0.231. The summed E-state index contributed by atoms with van der Waals surface area (Å²) in [5.74, 6) is -0.408. The standard InChI is InChI=1S/C26H26ClN3O4/c27-21-8-10-22(11-9-21)29-26(32)34-24(20-4-2-1-3-5-20)25(31)28-18-19-6-12-23(13-7-19)30-14-16-33-17-15-30/h1-13,24H,14-18H2,(H,28,31)(H,29,32). The summed E-state index contributed by atoms with van der Waals surface area (Å²) in [6.07, 6.45) is -1.83. The van der Waals surface area contributed by atoms with Gasteiger partial charge in [0.2, 0.25) is 6.10 Å². The van der Waals surface area contributed by atoms with E-state index in [4.69, 9.17) is 21.1 Å². The van der Waals surface area contributed by atoms with Gasteiger partial charge in [0.05, 0.1) is 13.2 Å². The van der Waals surface area contributed by atoms with Gasteiger partial charge < -0.3 is 19.7 Å². The third kappa shape index (κ3) is 6.50. The van der Waals surface area contributed by atoms with E-state index in [0.717, 1.165) is 37.6 Å². The van der Waals surface area contributed by atoms with E-state index >= 15 is 0 Å². The molecule has 1 saturated heterocycles. The molecule has 0 aromatic heterocycles. The number of carbonyl (C=O) groups is 2. The zero-order chi connectivity index (χ0) is 23.8. The first-order valence-corrected chi connectivity index (χ1v) is 11.4. The monoisotopic (exact) mass is 479 g/mol. The van der Waals surface area contributed by atoms with Crippen LogP contribution < -0.4 is 15.5 Å². The summed E-state index contributed by atoms with van der Waals surface area (Å²) in [6.45, 7) is 3.50. The fourth-order valence-electron chi connectivity index (χ4n) is 3.62. The maximum absolute atomic E-state index is 13.0. The number of morpholine rings is 1. The number of carbonyl (C=O) groups excluding carboxylic acids is 2. The average Bonchev–Trinajstić information content (AvgIpc) is 2.88. The largest absolute Gasteiger partial charge is 0.431 e. The SMILES string of the molecule is O=C(Nc1ccc(Cl)cc1)OC(C(=O)NCc1ccc(N2CCOCC2)cc1)c1ccccc1. The highest BCUT2D eigenvalue weighted by Gasteiger charge is 2.25. The van der Waals surface area contributed by atoms with Crippen molar-refractivity contribution in [3.8, 4) is 0 Å². The zero-order valence-corrected chi connectivity index (χ0v) is 19.3. The number of ether oxygens (including phenoxy) is 2. The molecule has 3 aromatic rings. The number of nitrogens with one attached hydrogen (secondary N) is 2. The van der Waals surface area contributed by atoms with Gasteiger partial charge in [-0.3, -0.25) is 10.1 Å². The minimum atomic E-state index is -1.10. The second kappa shape index (κ2) is 11.5. The number of amides is 2. The minimum absolute atomic E-state index is 0.313. The molecule has 2 N–H and O–H groups in total. The molecule has 4 rings (SSSR count). The molecule has 34 heavy (non-hydrogen) atoms. The lowest BCUT2D eigenvalue weighted by Gasteiger charge is -2.29. The molecular weight excluding hydrogens is 454 g/mol. The van der Waals surface area contributed by atoms with Gasteiger partial charge >= 0.3 is 6.09 Å². The molecule has 0 aliphatic carbocycles. The first-order chi connectivity index (χ1) is 16.6. The highest BCUT2D eigenvalue weighted by Crippen LogP contribution is 2.21. The molecule has 0 saturated carbocycles. The maximum atomic E-state index is 13.0. The Morgan fingerprint density at radius 3 is 2.29 bits per heavy atom. The third-order valence-electron chi connectivity index (χ3n) is 5.44. The first-order valence-electron chi connectivity index (χ1n) is 11.1. The van der Waals surface area contributed by atoms with Crippen LogP contribution in [-0.2, 0) is 20.8 Å². The van der Waals surface area contributed by atoms with E-state index in [1.165, 1.54) is 0 Å². The summed E-state index contributed by atoms with van der Waals surface area (Å²) < 4.78 is 10.9. The van der Waals surface area contributed by atoms with Gasteiger partial charge in [0, 0.05) is 41.6 Å². The van der Waals surface area contributed by atoms with Gasteiger partial charge in [0.15, 0.2) is 0 Å². The van der Waals surface area contributed by atoms with Crippen molar-refractivity contribution in [1.29, 1.82) is 0 Å². The van der Waals surface area contributed by atoms with Crippen molar-refractivity contribution in [3.05, 3.63) is 95.0 Å². The van der Waals surface area contributed by atoms with E-state index in [9.17, 15) is 9.59 Å². The van der Waals surface area contributed by atoms with Crippen molar-refractivity contribution in [2.24, 2.45) is 0 Å². The Labute approximate surface area is 203 Å². The topological polar surface area (TPSA) is 79.9 Å². The summed E-state index contributed by atoms with van der Waals surface area (Å²) in [6, 6.07) is 23.6. The molecule has 1 aliphatic heterocycles. The van der Waals surface area contributed by atoms with E-state index in [1.54, 1.807) is 48.5 Å². The fourth-order valence-corrected chi connectivity index (χ4v) is 3.74. The van der Waals surface area contributed by atoms with Crippen LogP contribution in [0.25, 0.3) is 0 Å². The van der Waals surface area contributed by atoms with Crippen LogP contribution in [-0.4, -0.2) is 38.3 Å². The van der Waals surface area contributed by atoms with Crippen LogP contribution in [0.5, 0.6) is 0 Å². The molecule has 0 spiro atoms. The molecule has 1 heterocycles. The number of rotatable bonds is 7. The quantitative estimate of drug-likeness (QED) is 0.509. The minimum Gasteiger partial charge on any atom is -0.431 e. The Bertz CT molecular complexity index is 1090. The van der Waals surface area contributed by atoms with E-state index < -0.39 is 18.1 Å². The van der Waals surface area contributed by atoms with E-state index in [2.05, 4.69) is 15.5 Å². The average molecular weight is 480 g/mol. The Morgan fingerprint density at radius 2 is 1.62 bits per heavy atom. The second-order valence-electron chi connectivity index (χ2n) is 7.81. The van der Waals surface area contributed by atoms with Gasteiger partial charge in [-0.1, -0.05) is 54.1 Å². The van der Waals surface area contributed by atoms with Crippen LogP contribution in [0.1, 0.15) is 17.2 Å². The molecule has 1 atom stereocenters. The molecular formula is C26H26ClN3O4. The van der Waals surface area contributed by atoms with Gasteiger partial charge in [-0.05, 0) is 42.0 Å². The third-order valence-corrected chi connectivity index (χ3v) is 5.69. The zero-order valence-electron chi connectivity index (χ0n) is 18.6. The maximum Gasteiger partial charge on any atom is 0.412 e. The van der Waals surface area contributed by atoms with E-state index in [0.29, 0.717) is 22.8 Å². The summed E-state index contributed by atoms with van der Waals surface area (Å²) in [5, 5.41) is 6.05. The Balaban J connectivity index is 1.38. The van der Waals surface area contributed by atoms with Crippen LogP contribution in [0.2, 0.25) is 5.02 Å². The second-order valence-corrected chi connectivity index (χ2v) is 8.25. The number of hydrogen-bond donors (Lipinski definition) is 2. The Kier molecular flexibility index (Phi) is 8.01. The molecule has 3 aromatic carbocycles. The Hall–Kier alpha value is -3.55. The normalized spacial score (nSPS) is 14.2. The number of halogens is 1. The smallest absolute Gasteiger partial charge is 0.412 e. The summed E-state index contributed by atoms with van der Waals surface area (Å²) in [5.41, 5.74) is 3.17. The molecule has 1 unspecified atom stereocenters. The van der Waals surface area contributed by atoms with E-state index in [1.807, 2.05) is 30.3 Å². The molecule has 176 valence electrons. The number of nitrogens with zero attached hydrogens (tertiary/aromatic N) is 1. The predicted octanol–water partition coefficient (Wildman–Crippen LogP) is 4.78. The summed E-state index contributed by atoms with van der Waals surface area (Å²) in [4.78, 5) is 27.8. The summed E-state index contributed by atoms with van der Waals surface area (Å²) in [7, 11) is 0. The first kappa shape index (κ1) is 23.6. The summed E-state index contributed by atoms with van der Waals surface area (Å²) >= 11 is 5.88. The van der Waals surface area contributed by atoms with Crippen LogP contribution in [0.3, 0.4) is 0 Å². The number of anilines is 2. The number of hydrogen-bond acceptors (Lipinski definition) is 5. The van der Waals surface area contributed by atoms with Crippen LogP contribution in [0.4, 0.5) is 16.2 Å². The van der Waals surface area contributed by atoms with Crippen molar-refractivity contribution < 1.29 is 19.1 Å². The van der Waals surface area contributed by atoms with E-state index in [-0.39, 0.29) is 0 Å². The van der Waals surface area contributed by atoms with Crippen molar-refractivity contribution in [3.63, 3.8) is 0 Å². The van der Waals surface area contributed by atoms with Crippen LogP contribution in [0, 0.1) is 0 Å². The van der Waals surface area contributed by atoms with Crippen molar-refractivity contribution >= 4 is 35.0 Å². The van der Waals surface area contributed by atoms with Gasteiger partial charge in [-0.25, -0.2) is 4.79 Å². The van der Waals surface area contributed by atoms with Crippen LogP contribution in [0.15, 0.2) is 78.9 Å². The molecule has 8 heteroatoms. The van der Waals surface area contributed by atoms with Gasteiger partial charge in [-0.15, -0.1) is 0 Å². The molecule has 1 fully saturated rings. The van der Waals surface area contributed by atoms with Crippen molar-refractivity contribution in [1.82, 2.24) is 5.32 Å².